The largest absolute Gasteiger partial charge is 0.368 e. The summed E-state index contributed by atoms with van der Waals surface area (Å²) in [5.41, 5.74) is 5.34. The van der Waals surface area contributed by atoms with E-state index in [1.54, 1.807) is 0 Å². The molecule has 0 bridgehead atoms. The van der Waals surface area contributed by atoms with E-state index in [1.165, 1.54) is 16.7 Å². The highest BCUT2D eigenvalue weighted by Crippen LogP contribution is 2.22. The second-order valence-electron chi connectivity index (χ2n) is 5.73. The van der Waals surface area contributed by atoms with Crippen LogP contribution in [0.5, 0.6) is 0 Å². The molecule has 0 saturated carbocycles. The summed E-state index contributed by atoms with van der Waals surface area (Å²) in [6.07, 6.45) is 1.92. The van der Waals surface area contributed by atoms with Crippen LogP contribution in [0.4, 0.5) is 0 Å². The highest BCUT2D eigenvalue weighted by atomic mass is 32.2. The van der Waals surface area contributed by atoms with Crippen LogP contribution < -0.4 is 16.4 Å². The van der Waals surface area contributed by atoms with Gasteiger partial charge in [-0.25, -0.2) is 0 Å². The zero-order valence-electron chi connectivity index (χ0n) is 13.0. The molecule has 8 nitrogen and oxygen atoms in total. The minimum Gasteiger partial charge on any atom is -0.368 e. The first-order valence-corrected chi connectivity index (χ1v) is 8.86. The smallest absolute Gasteiger partial charge is 0.246 e. The molecule has 3 unspecified atom stereocenters. The fourth-order valence-electron chi connectivity index (χ4n) is 2.72. The average molecular weight is 342 g/mol. The Hall–Kier alpha value is -1.77. The van der Waals surface area contributed by atoms with Gasteiger partial charge in [-0.05, 0) is 12.8 Å². The molecule has 0 spiro atoms. The number of rotatable bonds is 6. The van der Waals surface area contributed by atoms with Gasteiger partial charge in [-0.1, -0.05) is 13.3 Å². The van der Waals surface area contributed by atoms with Gasteiger partial charge in [-0.3, -0.25) is 19.2 Å². The van der Waals surface area contributed by atoms with Crippen LogP contribution in [0, 0.1) is 0 Å². The first-order valence-electron chi connectivity index (χ1n) is 7.71. The minimum absolute atomic E-state index is 0.159. The predicted octanol–water partition coefficient (Wildman–Crippen LogP) is -1.06. The quantitative estimate of drug-likeness (QED) is 0.568. The zero-order chi connectivity index (χ0) is 17.0. The van der Waals surface area contributed by atoms with Crippen molar-refractivity contribution < 1.29 is 19.2 Å². The second kappa shape index (κ2) is 7.67. The van der Waals surface area contributed by atoms with E-state index in [9.17, 15) is 19.2 Å². The molecule has 2 fully saturated rings. The highest BCUT2D eigenvalue weighted by molar-refractivity contribution is 7.99. The topological polar surface area (TPSA) is 122 Å². The van der Waals surface area contributed by atoms with E-state index in [0.717, 1.165) is 0 Å². The lowest BCUT2D eigenvalue weighted by Crippen LogP contribution is -2.55. The lowest BCUT2D eigenvalue weighted by Gasteiger charge is -2.27. The van der Waals surface area contributed by atoms with Crippen LogP contribution in [0.1, 0.15) is 32.6 Å². The molecular formula is C14H22N4O4S. The van der Waals surface area contributed by atoms with E-state index in [0.29, 0.717) is 37.3 Å². The van der Waals surface area contributed by atoms with E-state index < -0.39 is 24.0 Å². The fraction of sp³-hybridized carbons (Fsp3) is 0.714. The third kappa shape index (κ3) is 4.15. The number of nitrogens with zero attached hydrogens (tertiary/aromatic N) is 1. The number of nitrogens with two attached hydrogens (primary N) is 1. The summed E-state index contributed by atoms with van der Waals surface area (Å²) < 4.78 is 0. The Morgan fingerprint density at radius 3 is 2.78 bits per heavy atom. The van der Waals surface area contributed by atoms with Gasteiger partial charge < -0.3 is 21.3 Å². The van der Waals surface area contributed by atoms with E-state index in [4.69, 9.17) is 5.73 Å². The summed E-state index contributed by atoms with van der Waals surface area (Å²) in [5, 5.41) is 5.29. The Morgan fingerprint density at radius 1 is 1.48 bits per heavy atom. The number of amides is 4. The molecule has 3 atom stereocenters. The van der Waals surface area contributed by atoms with Crippen LogP contribution in [0.3, 0.4) is 0 Å². The minimum atomic E-state index is -0.703. The summed E-state index contributed by atoms with van der Waals surface area (Å²) in [5.74, 6) is -0.473. The van der Waals surface area contributed by atoms with E-state index in [1.807, 2.05) is 6.92 Å². The second-order valence-corrected chi connectivity index (χ2v) is 6.73. The number of carbonyl (C=O) groups is 4. The van der Waals surface area contributed by atoms with Crippen LogP contribution in [0.2, 0.25) is 0 Å². The molecule has 2 heterocycles. The lowest BCUT2D eigenvalue weighted by atomic mass is 10.1. The van der Waals surface area contributed by atoms with Gasteiger partial charge in [0.25, 0.3) is 0 Å². The van der Waals surface area contributed by atoms with Crippen molar-refractivity contribution in [3.63, 3.8) is 0 Å². The van der Waals surface area contributed by atoms with Crippen molar-refractivity contribution in [2.24, 2.45) is 5.73 Å². The number of hydrogen-bond donors (Lipinski definition) is 3. The Kier molecular flexibility index (Phi) is 5.86. The van der Waals surface area contributed by atoms with Crippen LogP contribution in [-0.4, -0.2) is 58.3 Å². The predicted molar refractivity (Wildman–Crippen MR) is 85.2 cm³/mol. The molecular weight excluding hydrogens is 320 g/mol. The molecule has 23 heavy (non-hydrogen) atoms. The van der Waals surface area contributed by atoms with E-state index in [-0.39, 0.29) is 17.7 Å². The summed E-state index contributed by atoms with van der Waals surface area (Å²) >= 11 is 1.46. The van der Waals surface area contributed by atoms with Gasteiger partial charge in [0.1, 0.15) is 18.1 Å². The molecule has 0 aromatic rings. The van der Waals surface area contributed by atoms with Crippen LogP contribution in [-0.2, 0) is 19.2 Å². The Labute approximate surface area is 138 Å². The van der Waals surface area contributed by atoms with E-state index >= 15 is 0 Å². The van der Waals surface area contributed by atoms with Crippen molar-refractivity contribution in [1.29, 1.82) is 0 Å². The fourth-order valence-corrected chi connectivity index (χ4v) is 3.90. The number of nitrogens with one attached hydrogen (secondary N) is 2. The molecule has 2 aliphatic rings. The van der Waals surface area contributed by atoms with Crippen LogP contribution in [0.25, 0.3) is 0 Å². The summed E-state index contributed by atoms with van der Waals surface area (Å²) in [4.78, 5) is 49.0. The van der Waals surface area contributed by atoms with Gasteiger partial charge in [0.05, 0.1) is 5.88 Å². The van der Waals surface area contributed by atoms with Crippen molar-refractivity contribution >= 4 is 35.4 Å². The summed E-state index contributed by atoms with van der Waals surface area (Å²) in [6, 6.07) is -1.92. The van der Waals surface area contributed by atoms with Crippen molar-refractivity contribution in [3.8, 4) is 0 Å². The molecule has 0 aliphatic carbocycles. The average Bonchev–Trinajstić information content (AvgIpc) is 3.14. The first kappa shape index (κ1) is 17.6. The number of primary amides is 1. The van der Waals surface area contributed by atoms with Gasteiger partial charge in [0.15, 0.2) is 0 Å². The van der Waals surface area contributed by atoms with Crippen molar-refractivity contribution in [3.05, 3.63) is 0 Å². The molecule has 2 saturated heterocycles. The van der Waals surface area contributed by atoms with Gasteiger partial charge >= 0.3 is 0 Å². The molecule has 0 aromatic heterocycles. The SMILES string of the molecule is CCCC(NC(=O)C1CCC(=O)N1)C(=O)N1CSCC1C(N)=O. The third-order valence-electron chi connectivity index (χ3n) is 4.00. The van der Waals surface area contributed by atoms with Crippen LogP contribution in [0.15, 0.2) is 0 Å². The van der Waals surface area contributed by atoms with Crippen molar-refractivity contribution in [2.75, 3.05) is 11.6 Å². The third-order valence-corrected chi connectivity index (χ3v) is 5.01. The maximum absolute atomic E-state index is 12.7. The Balaban J connectivity index is 2.02. The van der Waals surface area contributed by atoms with Gasteiger partial charge in [-0.15, -0.1) is 11.8 Å². The molecule has 4 N–H and O–H groups in total. The van der Waals surface area contributed by atoms with Gasteiger partial charge in [0, 0.05) is 12.2 Å². The van der Waals surface area contributed by atoms with E-state index in [2.05, 4.69) is 10.6 Å². The maximum atomic E-state index is 12.7. The zero-order valence-corrected chi connectivity index (χ0v) is 13.9. The normalized spacial score (nSPS) is 25.1. The molecule has 2 rings (SSSR count). The molecule has 2 aliphatic heterocycles. The lowest BCUT2D eigenvalue weighted by molar-refractivity contribution is -0.140. The number of carbonyl (C=O) groups excluding carboxylic acids is 4. The first-order chi connectivity index (χ1) is 10.9. The maximum Gasteiger partial charge on any atom is 0.246 e. The standard InChI is InChI=1S/C14H22N4O4S/c1-2-3-9(17-13(21)8-4-5-11(19)16-8)14(22)18-7-23-6-10(18)12(15)20/h8-10H,2-7H2,1H3,(H2,15,20)(H,16,19)(H,17,21). The van der Waals surface area contributed by atoms with Crippen molar-refractivity contribution in [1.82, 2.24) is 15.5 Å². The Bertz CT molecular complexity index is 513. The number of thioether (sulfide) groups is 1. The summed E-state index contributed by atoms with van der Waals surface area (Å²) in [7, 11) is 0. The molecule has 0 radical (unpaired) electrons. The van der Waals surface area contributed by atoms with Crippen molar-refractivity contribution in [2.45, 2.75) is 50.7 Å². The van der Waals surface area contributed by atoms with Crippen LogP contribution >= 0.6 is 11.8 Å². The number of hydrogen-bond acceptors (Lipinski definition) is 5. The van der Waals surface area contributed by atoms with Gasteiger partial charge in [0.2, 0.25) is 23.6 Å². The molecule has 128 valence electrons. The Morgan fingerprint density at radius 2 is 2.22 bits per heavy atom. The highest BCUT2D eigenvalue weighted by Gasteiger charge is 2.38. The molecule has 4 amide bonds. The monoisotopic (exact) mass is 342 g/mol. The molecule has 0 aromatic carbocycles. The molecule has 9 heteroatoms. The van der Waals surface area contributed by atoms with Gasteiger partial charge in [-0.2, -0.15) is 0 Å². The summed E-state index contributed by atoms with van der Waals surface area (Å²) in [6.45, 7) is 1.91.